The summed E-state index contributed by atoms with van der Waals surface area (Å²) in [6.45, 7) is 14.3. The van der Waals surface area contributed by atoms with Gasteiger partial charge in [0.25, 0.3) is 0 Å². The maximum Gasteiger partial charge on any atom is 0.407 e. The number of carbonyl (C=O) groups is 4. The Labute approximate surface area is 203 Å². The second kappa shape index (κ2) is 16.9. The molecule has 0 aromatic heterocycles. The molecule has 0 bridgehead atoms. The summed E-state index contributed by atoms with van der Waals surface area (Å²) in [5.74, 6) is -0.248. The Morgan fingerprint density at radius 3 is 1.15 bits per heavy atom. The first kappa shape index (κ1) is 31.4. The summed E-state index contributed by atoms with van der Waals surface area (Å²) >= 11 is 0. The van der Waals surface area contributed by atoms with Gasteiger partial charge in [0.05, 0.1) is 0 Å². The van der Waals surface area contributed by atoms with Crippen LogP contribution in [0.15, 0.2) is 0 Å². The molecule has 6 N–H and O–H groups in total. The summed E-state index contributed by atoms with van der Waals surface area (Å²) in [5, 5.41) is 16.8. The minimum Gasteiger partial charge on any atom is -0.444 e. The second-order valence-corrected chi connectivity index (χ2v) is 9.56. The van der Waals surface area contributed by atoms with E-state index in [1.165, 1.54) is 0 Å². The molecule has 0 fully saturated rings. The zero-order valence-corrected chi connectivity index (χ0v) is 21.5. The van der Waals surface area contributed by atoms with Crippen molar-refractivity contribution in [2.45, 2.75) is 65.6 Å². The van der Waals surface area contributed by atoms with E-state index in [0.717, 1.165) is 0 Å². The van der Waals surface area contributed by atoms with Gasteiger partial charge in [0, 0.05) is 65.2 Å². The van der Waals surface area contributed by atoms with Crippen molar-refractivity contribution in [2.75, 3.05) is 52.4 Å². The fourth-order valence-electron chi connectivity index (χ4n) is 2.37. The normalized spacial score (nSPS) is 11.4. The van der Waals surface area contributed by atoms with Gasteiger partial charge in [0.2, 0.25) is 11.8 Å². The van der Waals surface area contributed by atoms with E-state index < -0.39 is 23.4 Å². The van der Waals surface area contributed by atoms with Crippen LogP contribution in [0, 0.1) is 0 Å². The number of hydrogen-bond donors (Lipinski definition) is 6. The van der Waals surface area contributed by atoms with Gasteiger partial charge in [-0.2, -0.15) is 0 Å². The molecule has 0 saturated carbocycles. The quantitative estimate of drug-likeness (QED) is 0.179. The molecule has 12 heteroatoms. The number of carbonyl (C=O) groups excluding carboxylic acids is 4. The van der Waals surface area contributed by atoms with Crippen LogP contribution >= 0.6 is 0 Å². The molecular formula is C22H44N6O6. The van der Waals surface area contributed by atoms with Gasteiger partial charge in [0.15, 0.2) is 0 Å². The molecule has 0 radical (unpaired) electrons. The standard InChI is InChI=1S/C22H44N6O6/c1-21(2,3)33-19(31)27-13-11-23-9-7-17(29)25-15-16-26-18(30)8-10-24-12-14-28-20(32)34-22(4,5)6/h23-24H,7-16H2,1-6H3,(H,25,29)(H,26,30)(H,27,31)(H,28,32). The Hall–Kier alpha value is -2.60. The van der Waals surface area contributed by atoms with E-state index in [1.807, 2.05) is 0 Å². The minimum absolute atomic E-state index is 0.124. The SMILES string of the molecule is CC(C)(C)OC(=O)NCCNCCC(=O)NCCNC(=O)CCNCCNC(=O)OC(C)(C)C. The number of rotatable bonds is 15. The Morgan fingerprint density at radius 2 is 0.824 bits per heavy atom. The number of hydrogen-bond acceptors (Lipinski definition) is 8. The Kier molecular flexibility index (Phi) is 15.6. The molecular weight excluding hydrogens is 444 g/mol. The third kappa shape index (κ3) is 22.6. The van der Waals surface area contributed by atoms with Gasteiger partial charge >= 0.3 is 12.2 Å². The molecule has 12 nitrogen and oxygen atoms in total. The third-order valence-corrected chi connectivity index (χ3v) is 3.77. The van der Waals surface area contributed by atoms with E-state index in [2.05, 4.69) is 31.9 Å². The molecule has 4 amide bonds. The van der Waals surface area contributed by atoms with Gasteiger partial charge in [-0.1, -0.05) is 0 Å². The Bertz CT molecular complexity index is 576. The molecule has 0 rings (SSSR count). The average Bonchev–Trinajstić information content (AvgIpc) is 2.67. The lowest BCUT2D eigenvalue weighted by Crippen LogP contribution is -2.39. The summed E-state index contributed by atoms with van der Waals surface area (Å²) in [7, 11) is 0. The molecule has 0 spiro atoms. The predicted octanol–water partition coefficient (Wildman–Crippen LogP) is 0.228. The van der Waals surface area contributed by atoms with Crippen LogP contribution < -0.4 is 31.9 Å². The highest BCUT2D eigenvalue weighted by Gasteiger charge is 2.16. The Balaban J connectivity index is 3.54. The summed E-state index contributed by atoms with van der Waals surface area (Å²) in [6.07, 6.45) is -0.358. The number of amides is 4. The monoisotopic (exact) mass is 488 g/mol. The van der Waals surface area contributed by atoms with Gasteiger partial charge in [-0.05, 0) is 41.5 Å². The predicted molar refractivity (Wildman–Crippen MR) is 129 cm³/mol. The van der Waals surface area contributed by atoms with Gasteiger partial charge in [-0.3, -0.25) is 9.59 Å². The summed E-state index contributed by atoms with van der Waals surface area (Å²) in [5.41, 5.74) is -1.07. The fraction of sp³-hybridized carbons (Fsp3) is 0.818. The first-order chi connectivity index (χ1) is 15.8. The molecule has 198 valence electrons. The lowest BCUT2D eigenvalue weighted by Gasteiger charge is -2.19. The van der Waals surface area contributed by atoms with E-state index in [-0.39, 0.29) is 11.8 Å². The highest BCUT2D eigenvalue weighted by atomic mass is 16.6. The topological polar surface area (TPSA) is 159 Å². The van der Waals surface area contributed by atoms with Crippen molar-refractivity contribution in [1.29, 1.82) is 0 Å². The van der Waals surface area contributed by atoms with E-state index >= 15 is 0 Å². The molecule has 34 heavy (non-hydrogen) atoms. The molecule has 0 heterocycles. The zero-order chi connectivity index (χ0) is 26.0. The van der Waals surface area contributed by atoms with Crippen molar-refractivity contribution in [1.82, 2.24) is 31.9 Å². The molecule has 0 aliphatic carbocycles. The van der Waals surface area contributed by atoms with Crippen molar-refractivity contribution in [3.8, 4) is 0 Å². The van der Waals surface area contributed by atoms with E-state index in [1.54, 1.807) is 41.5 Å². The van der Waals surface area contributed by atoms with Crippen LogP contribution in [0.1, 0.15) is 54.4 Å². The maximum atomic E-state index is 11.8. The average molecular weight is 489 g/mol. The molecule has 0 aliphatic rings. The van der Waals surface area contributed by atoms with Crippen LogP contribution in [0.4, 0.5) is 9.59 Å². The molecule has 0 atom stereocenters. The molecule has 0 unspecified atom stereocenters. The first-order valence-electron chi connectivity index (χ1n) is 11.7. The van der Waals surface area contributed by atoms with E-state index in [4.69, 9.17) is 9.47 Å². The lowest BCUT2D eigenvalue weighted by molar-refractivity contribution is -0.122. The minimum atomic E-state index is -0.534. The summed E-state index contributed by atoms with van der Waals surface area (Å²) < 4.78 is 10.2. The number of alkyl carbamates (subject to hydrolysis) is 2. The van der Waals surface area contributed by atoms with Crippen LogP contribution in [-0.2, 0) is 19.1 Å². The summed E-state index contributed by atoms with van der Waals surface area (Å²) in [4.78, 5) is 46.5. The smallest absolute Gasteiger partial charge is 0.407 e. The van der Waals surface area contributed by atoms with Crippen LogP contribution in [-0.4, -0.2) is 87.6 Å². The van der Waals surface area contributed by atoms with Crippen molar-refractivity contribution < 1.29 is 28.7 Å². The van der Waals surface area contributed by atoms with Gasteiger partial charge in [0.1, 0.15) is 11.2 Å². The third-order valence-electron chi connectivity index (χ3n) is 3.77. The van der Waals surface area contributed by atoms with Gasteiger partial charge in [-0.25, -0.2) is 9.59 Å². The molecule has 0 aliphatic heterocycles. The number of ether oxygens (including phenoxy) is 2. The zero-order valence-electron chi connectivity index (χ0n) is 21.5. The highest BCUT2D eigenvalue weighted by molar-refractivity contribution is 5.77. The largest absolute Gasteiger partial charge is 0.444 e. The maximum absolute atomic E-state index is 11.8. The Morgan fingerprint density at radius 1 is 0.500 bits per heavy atom. The molecule has 0 saturated heterocycles. The van der Waals surface area contributed by atoms with E-state index in [9.17, 15) is 19.2 Å². The van der Waals surface area contributed by atoms with Crippen LogP contribution in [0.2, 0.25) is 0 Å². The van der Waals surface area contributed by atoms with Gasteiger partial charge in [-0.15, -0.1) is 0 Å². The van der Waals surface area contributed by atoms with Crippen LogP contribution in [0.5, 0.6) is 0 Å². The lowest BCUT2D eigenvalue weighted by atomic mass is 10.2. The fourth-order valence-corrected chi connectivity index (χ4v) is 2.37. The van der Waals surface area contributed by atoms with Crippen molar-refractivity contribution in [2.24, 2.45) is 0 Å². The number of nitrogens with one attached hydrogen (secondary N) is 6. The highest BCUT2D eigenvalue weighted by Crippen LogP contribution is 2.06. The second-order valence-electron chi connectivity index (χ2n) is 9.56. The van der Waals surface area contributed by atoms with Crippen LogP contribution in [0.3, 0.4) is 0 Å². The molecule has 0 aromatic carbocycles. The molecule has 0 aromatic rings. The van der Waals surface area contributed by atoms with Gasteiger partial charge < -0.3 is 41.4 Å². The van der Waals surface area contributed by atoms with Crippen molar-refractivity contribution in [3.05, 3.63) is 0 Å². The van der Waals surface area contributed by atoms with Crippen LogP contribution in [0.25, 0.3) is 0 Å². The first-order valence-corrected chi connectivity index (χ1v) is 11.7. The van der Waals surface area contributed by atoms with E-state index in [0.29, 0.717) is 65.2 Å². The van der Waals surface area contributed by atoms with Crippen molar-refractivity contribution in [3.63, 3.8) is 0 Å². The van der Waals surface area contributed by atoms with Crippen molar-refractivity contribution >= 4 is 24.0 Å². The summed E-state index contributed by atoms with van der Waals surface area (Å²) in [6, 6.07) is 0.